The summed E-state index contributed by atoms with van der Waals surface area (Å²) >= 11 is 0. The van der Waals surface area contributed by atoms with Crippen LogP contribution in [0.25, 0.3) is 0 Å². The van der Waals surface area contributed by atoms with Crippen LogP contribution in [0.5, 0.6) is 0 Å². The number of ether oxygens (including phenoxy) is 1. The third kappa shape index (κ3) is 3.43. The van der Waals surface area contributed by atoms with Gasteiger partial charge in [-0.25, -0.2) is 9.18 Å². The molecular formula is C13H18FNO3. The number of rotatable bonds is 4. The van der Waals surface area contributed by atoms with Gasteiger partial charge in [0, 0.05) is 5.69 Å². The molecule has 5 heteroatoms. The van der Waals surface area contributed by atoms with Crippen molar-refractivity contribution in [3.8, 4) is 0 Å². The molecule has 1 rings (SSSR count). The molecule has 1 aromatic carbocycles. The fourth-order valence-electron chi connectivity index (χ4n) is 1.31. The van der Waals surface area contributed by atoms with Gasteiger partial charge in [0.15, 0.2) is 0 Å². The molecule has 0 heterocycles. The Labute approximate surface area is 106 Å². The number of benzene rings is 1. The monoisotopic (exact) mass is 255 g/mol. The number of methoxy groups -OCH3 is 1. The van der Waals surface area contributed by atoms with Gasteiger partial charge < -0.3 is 15.2 Å². The number of hydrogen-bond donors (Lipinski definition) is 2. The molecule has 2 N–H and O–H groups in total. The normalized spacial score (nSPS) is 13.0. The zero-order chi connectivity index (χ0) is 13.9. The number of hydrogen-bond acceptors (Lipinski definition) is 4. The fraction of sp³-hybridized carbons (Fsp3) is 0.462. The first kappa shape index (κ1) is 14.4. The van der Waals surface area contributed by atoms with Crippen LogP contribution in [-0.4, -0.2) is 29.8 Å². The Balaban J connectivity index is 2.96. The zero-order valence-corrected chi connectivity index (χ0v) is 11.0. The van der Waals surface area contributed by atoms with Crippen LogP contribution in [0, 0.1) is 5.82 Å². The fourth-order valence-corrected chi connectivity index (χ4v) is 1.31. The summed E-state index contributed by atoms with van der Waals surface area (Å²) in [7, 11) is 1.20. The van der Waals surface area contributed by atoms with Crippen molar-refractivity contribution < 1.29 is 19.0 Å². The highest BCUT2D eigenvalue weighted by Crippen LogP contribution is 2.19. The Hall–Kier alpha value is -1.62. The predicted octanol–water partition coefficient (Wildman–Crippen LogP) is 2.18. The van der Waals surface area contributed by atoms with Gasteiger partial charge in [-0.3, -0.25) is 0 Å². The number of halogens is 1. The van der Waals surface area contributed by atoms with E-state index >= 15 is 0 Å². The molecule has 0 spiro atoms. The molecule has 100 valence electrons. The summed E-state index contributed by atoms with van der Waals surface area (Å²) in [6, 6.07) is 3.80. The molecule has 1 unspecified atom stereocenters. The summed E-state index contributed by atoms with van der Waals surface area (Å²) in [6.45, 7) is 5.12. The summed E-state index contributed by atoms with van der Waals surface area (Å²) < 4.78 is 17.9. The van der Waals surface area contributed by atoms with Gasteiger partial charge in [-0.2, -0.15) is 0 Å². The van der Waals surface area contributed by atoms with E-state index < -0.39 is 17.4 Å². The number of carbonyl (C=O) groups excluding carboxylic acids is 1. The van der Waals surface area contributed by atoms with Crippen LogP contribution in [-0.2, 0) is 4.74 Å². The lowest BCUT2D eigenvalue weighted by Crippen LogP contribution is -2.39. The Morgan fingerprint density at radius 3 is 2.61 bits per heavy atom. The van der Waals surface area contributed by atoms with Crippen LogP contribution >= 0.6 is 0 Å². The van der Waals surface area contributed by atoms with E-state index in [1.165, 1.54) is 25.3 Å². The Morgan fingerprint density at radius 2 is 2.11 bits per heavy atom. The smallest absolute Gasteiger partial charge is 0.340 e. The van der Waals surface area contributed by atoms with Gasteiger partial charge in [0.1, 0.15) is 5.82 Å². The van der Waals surface area contributed by atoms with Crippen LogP contribution in [0.4, 0.5) is 10.1 Å². The van der Waals surface area contributed by atoms with Crippen molar-refractivity contribution in [2.75, 3.05) is 12.4 Å². The first-order chi connectivity index (χ1) is 8.25. The van der Waals surface area contributed by atoms with Crippen molar-refractivity contribution in [2.24, 2.45) is 0 Å². The van der Waals surface area contributed by atoms with Gasteiger partial charge in [-0.1, -0.05) is 0 Å². The van der Waals surface area contributed by atoms with Gasteiger partial charge in [0.05, 0.1) is 24.3 Å². The van der Waals surface area contributed by atoms with Gasteiger partial charge in [-0.05, 0) is 39.0 Å². The lowest BCUT2D eigenvalue weighted by molar-refractivity contribution is 0.0595. The van der Waals surface area contributed by atoms with Crippen molar-refractivity contribution in [1.29, 1.82) is 0 Å². The van der Waals surface area contributed by atoms with Crippen molar-refractivity contribution in [3.05, 3.63) is 29.6 Å². The molecular weight excluding hydrogens is 237 g/mol. The average molecular weight is 255 g/mol. The summed E-state index contributed by atoms with van der Waals surface area (Å²) in [5.41, 5.74) is -0.517. The standard InChI is InChI=1S/C13H18FNO3/c1-8(13(2,3)17)15-9-5-6-11(14)10(7-9)12(16)18-4/h5-8,15,17H,1-4H3. The Morgan fingerprint density at radius 1 is 1.50 bits per heavy atom. The highest BCUT2D eigenvalue weighted by molar-refractivity contribution is 5.90. The lowest BCUT2D eigenvalue weighted by atomic mass is 10.0. The topological polar surface area (TPSA) is 58.6 Å². The number of aliphatic hydroxyl groups is 1. The molecule has 0 aliphatic heterocycles. The quantitative estimate of drug-likeness (QED) is 0.810. The van der Waals surface area contributed by atoms with Gasteiger partial charge in [0.25, 0.3) is 0 Å². The summed E-state index contributed by atoms with van der Waals surface area (Å²) in [6.07, 6.45) is 0. The van der Waals surface area contributed by atoms with Crippen molar-refractivity contribution in [2.45, 2.75) is 32.4 Å². The molecule has 18 heavy (non-hydrogen) atoms. The third-order valence-corrected chi connectivity index (χ3v) is 2.81. The van der Waals surface area contributed by atoms with E-state index in [0.717, 1.165) is 0 Å². The molecule has 0 aliphatic rings. The molecule has 0 bridgehead atoms. The maximum Gasteiger partial charge on any atom is 0.340 e. The molecule has 4 nitrogen and oxygen atoms in total. The second-order valence-corrected chi connectivity index (χ2v) is 4.71. The predicted molar refractivity (Wildman–Crippen MR) is 67.1 cm³/mol. The summed E-state index contributed by atoms with van der Waals surface area (Å²) in [5.74, 6) is -1.37. The van der Waals surface area contributed by atoms with Gasteiger partial charge in [-0.15, -0.1) is 0 Å². The van der Waals surface area contributed by atoms with Crippen LogP contribution in [0.3, 0.4) is 0 Å². The minimum Gasteiger partial charge on any atom is -0.465 e. The average Bonchev–Trinajstić information content (AvgIpc) is 2.29. The van der Waals surface area contributed by atoms with E-state index in [9.17, 15) is 14.3 Å². The number of carbonyl (C=O) groups is 1. The molecule has 0 saturated carbocycles. The van der Waals surface area contributed by atoms with E-state index in [-0.39, 0.29) is 11.6 Å². The van der Waals surface area contributed by atoms with Crippen LogP contribution in [0.1, 0.15) is 31.1 Å². The van der Waals surface area contributed by atoms with E-state index in [1.54, 1.807) is 20.8 Å². The first-order valence-electron chi connectivity index (χ1n) is 5.62. The maximum atomic E-state index is 13.4. The minimum atomic E-state index is -0.931. The van der Waals surface area contributed by atoms with Gasteiger partial charge in [0.2, 0.25) is 0 Å². The molecule has 1 atom stereocenters. The molecule has 0 aliphatic carbocycles. The van der Waals surface area contributed by atoms with Crippen LogP contribution in [0.2, 0.25) is 0 Å². The van der Waals surface area contributed by atoms with E-state index in [2.05, 4.69) is 10.1 Å². The van der Waals surface area contributed by atoms with Crippen LogP contribution < -0.4 is 5.32 Å². The van der Waals surface area contributed by atoms with Crippen molar-refractivity contribution in [1.82, 2.24) is 0 Å². The lowest BCUT2D eigenvalue weighted by Gasteiger charge is -2.27. The second kappa shape index (κ2) is 5.35. The molecule has 0 amide bonds. The first-order valence-corrected chi connectivity index (χ1v) is 5.62. The van der Waals surface area contributed by atoms with E-state index in [0.29, 0.717) is 5.69 Å². The van der Waals surface area contributed by atoms with Crippen molar-refractivity contribution >= 4 is 11.7 Å². The Kier molecular flexibility index (Phi) is 4.29. The highest BCUT2D eigenvalue weighted by atomic mass is 19.1. The highest BCUT2D eigenvalue weighted by Gasteiger charge is 2.22. The zero-order valence-electron chi connectivity index (χ0n) is 11.0. The van der Waals surface area contributed by atoms with Crippen molar-refractivity contribution in [3.63, 3.8) is 0 Å². The molecule has 0 fully saturated rings. The summed E-state index contributed by atoms with van der Waals surface area (Å²) in [4.78, 5) is 11.3. The van der Waals surface area contributed by atoms with Crippen LogP contribution in [0.15, 0.2) is 18.2 Å². The molecule has 0 radical (unpaired) electrons. The number of esters is 1. The molecule has 1 aromatic rings. The SMILES string of the molecule is COC(=O)c1cc(NC(C)C(C)(C)O)ccc1F. The molecule has 0 aromatic heterocycles. The number of anilines is 1. The largest absolute Gasteiger partial charge is 0.465 e. The third-order valence-electron chi connectivity index (χ3n) is 2.81. The van der Waals surface area contributed by atoms with E-state index in [1.807, 2.05) is 0 Å². The summed E-state index contributed by atoms with van der Waals surface area (Å²) in [5, 5.41) is 12.8. The van der Waals surface area contributed by atoms with Gasteiger partial charge >= 0.3 is 5.97 Å². The minimum absolute atomic E-state index is 0.134. The molecule has 0 saturated heterocycles. The Bertz CT molecular complexity index is 440. The maximum absolute atomic E-state index is 13.4. The second-order valence-electron chi connectivity index (χ2n) is 4.71. The van der Waals surface area contributed by atoms with E-state index in [4.69, 9.17) is 0 Å². The number of nitrogens with one attached hydrogen (secondary N) is 1.